The lowest BCUT2D eigenvalue weighted by Crippen LogP contribution is -2.38. The number of aromatic nitrogens is 6. The molecular weight excluding hydrogens is 318 g/mol. The number of H-pyrrole nitrogens is 1. The van der Waals surface area contributed by atoms with Crippen LogP contribution in [0.4, 0.5) is 17.5 Å². The molecule has 0 aliphatic carbocycles. The van der Waals surface area contributed by atoms with Gasteiger partial charge in [0.15, 0.2) is 16.2 Å². The Balaban J connectivity index is 1.64. The Hall–Kier alpha value is -2.79. The second-order valence-corrected chi connectivity index (χ2v) is 5.45. The fraction of sp³-hybridized carbons (Fsp3) is 0.250. The molecule has 0 amide bonds. The molecule has 0 fully saturated rings. The van der Waals surface area contributed by atoms with E-state index in [0.717, 1.165) is 0 Å². The van der Waals surface area contributed by atoms with Crippen LogP contribution in [-0.4, -0.2) is 47.5 Å². The van der Waals surface area contributed by atoms with Crippen molar-refractivity contribution in [3.05, 3.63) is 23.5 Å². The molecule has 0 saturated heterocycles. The summed E-state index contributed by atoms with van der Waals surface area (Å²) in [4.78, 5) is 21.0. The summed E-state index contributed by atoms with van der Waals surface area (Å²) in [7, 11) is 0. The molecule has 118 valence electrons. The van der Waals surface area contributed by atoms with Gasteiger partial charge in [0, 0.05) is 0 Å². The highest BCUT2D eigenvalue weighted by Gasteiger charge is 2.27. The molecule has 11 heteroatoms. The maximum Gasteiger partial charge on any atom is 0.200 e. The monoisotopic (exact) mass is 331 g/mol. The van der Waals surface area contributed by atoms with Gasteiger partial charge >= 0.3 is 0 Å². The standard InChI is InChI=1S/C12H13N9OS/c13-12-18-10-8(11(23)19-12)17-5-21(10)7(22)2-20-4-16-6-1-14-3-15-9(6)20/h1,3-4,7,17,22H,2,5H2,(H3,13,18,19,23). The highest BCUT2D eigenvalue weighted by molar-refractivity contribution is 7.71. The number of imidazole rings is 1. The molecule has 0 aromatic carbocycles. The summed E-state index contributed by atoms with van der Waals surface area (Å²) < 4.78 is 2.13. The molecule has 3 aromatic heterocycles. The number of anilines is 3. The minimum absolute atomic E-state index is 0.204. The fourth-order valence-corrected chi connectivity index (χ4v) is 2.84. The summed E-state index contributed by atoms with van der Waals surface area (Å²) in [6, 6.07) is 0. The van der Waals surface area contributed by atoms with Crippen molar-refractivity contribution in [3.8, 4) is 0 Å². The maximum atomic E-state index is 10.6. The van der Waals surface area contributed by atoms with Crippen LogP contribution in [0.1, 0.15) is 0 Å². The van der Waals surface area contributed by atoms with E-state index >= 15 is 0 Å². The predicted octanol–water partition coefficient (Wildman–Crippen LogP) is 0.0691. The van der Waals surface area contributed by atoms with Gasteiger partial charge < -0.3 is 30.6 Å². The van der Waals surface area contributed by atoms with Gasteiger partial charge in [0.1, 0.15) is 29.6 Å². The van der Waals surface area contributed by atoms with Crippen molar-refractivity contribution in [2.75, 3.05) is 22.6 Å². The number of aliphatic hydroxyl groups excluding tert-OH is 1. The van der Waals surface area contributed by atoms with Crippen LogP contribution in [0.15, 0.2) is 18.9 Å². The normalized spacial score (nSPS) is 14.7. The van der Waals surface area contributed by atoms with Crippen LogP contribution in [0.2, 0.25) is 0 Å². The zero-order chi connectivity index (χ0) is 16.0. The largest absolute Gasteiger partial charge is 0.372 e. The summed E-state index contributed by atoms with van der Waals surface area (Å²) >= 11 is 5.17. The zero-order valence-electron chi connectivity index (χ0n) is 11.8. The Morgan fingerprint density at radius 3 is 3.17 bits per heavy atom. The summed E-state index contributed by atoms with van der Waals surface area (Å²) in [5, 5.41) is 13.7. The zero-order valence-corrected chi connectivity index (χ0v) is 12.7. The predicted molar refractivity (Wildman–Crippen MR) is 86.1 cm³/mol. The van der Waals surface area contributed by atoms with Gasteiger partial charge in [-0.25, -0.2) is 19.9 Å². The summed E-state index contributed by atoms with van der Waals surface area (Å²) in [6.07, 6.45) is 3.87. The lowest BCUT2D eigenvalue weighted by atomic mass is 10.4. The first-order valence-corrected chi connectivity index (χ1v) is 7.23. The second kappa shape index (κ2) is 5.14. The molecule has 1 unspecified atom stereocenters. The molecule has 1 aliphatic rings. The van der Waals surface area contributed by atoms with Crippen LogP contribution >= 0.6 is 12.2 Å². The molecule has 0 saturated carbocycles. The van der Waals surface area contributed by atoms with Gasteiger partial charge in [-0.1, -0.05) is 12.2 Å². The van der Waals surface area contributed by atoms with Gasteiger partial charge in [-0.05, 0) is 0 Å². The van der Waals surface area contributed by atoms with E-state index in [1.807, 2.05) is 0 Å². The maximum absolute atomic E-state index is 10.6. The Kier molecular flexibility index (Phi) is 3.09. The van der Waals surface area contributed by atoms with E-state index in [1.165, 1.54) is 6.33 Å². The average Bonchev–Trinajstić information content (AvgIpc) is 3.12. The molecule has 23 heavy (non-hydrogen) atoms. The summed E-state index contributed by atoms with van der Waals surface area (Å²) in [5.74, 6) is 0.824. The molecule has 10 nitrogen and oxygen atoms in total. The van der Waals surface area contributed by atoms with Crippen LogP contribution in [0, 0.1) is 4.64 Å². The quantitative estimate of drug-likeness (QED) is 0.492. The van der Waals surface area contributed by atoms with Gasteiger partial charge in [0.2, 0.25) is 0 Å². The van der Waals surface area contributed by atoms with E-state index in [1.54, 1.807) is 22.0 Å². The minimum atomic E-state index is -0.830. The first-order valence-electron chi connectivity index (χ1n) is 6.82. The van der Waals surface area contributed by atoms with E-state index in [9.17, 15) is 5.11 Å². The van der Waals surface area contributed by atoms with Gasteiger partial charge in [0.05, 0.1) is 25.7 Å². The number of aromatic amines is 1. The van der Waals surface area contributed by atoms with Crippen molar-refractivity contribution >= 4 is 40.8 Å². The van der Waals surface area contributed by atoms with E-state index in [2.05, 4.69) is 30.2 Å². The highest BCUT2D eigenvalue weighted by atomic mass is 32.1. The number of hydrogen-bond donors (Lipinski definition) is 4. The van der Waals surface area contributed by atoms with Gasteiger partial charge in [0.25, 0.3) is 0 Å². The van der Waals surface area contributed by atoms with Crippen molar-refractivity contribution in [3.63, 3.8) is 0 Å². The number of rotatable bonds is 3. The van der Waals surface area contributed by atoms with Crippen molar-refractivity contribution in [2.45, 2.75) is 12.8 Å². The van der Waals surface area contributed by atoms with Crippen molar-refractivity contribution in [2.24, 2.45) is 0 Å². The van der Waals surface area contributed by atoms with E-state index in [-0.39, 0.29) is 12.5 Å². The van der Waals surface area contributed by atoms with Crippen LogP contribution in [-0.2, 0) is 6.54 Å². The molecule has 0 radical (unpaired) electrons. The molecule has 5 N–H and O–H groups in total. The van der Waals surface area contributed by atoms with Crippen molar-refractivity contribution < 1.29 is 5.11 Å². The number of fused-ring (bicyclic) bond motifs is 2. The van der Waals surface area contributed by atoms with Crippen LogP contribution < -0.4 is 16.0 Å². The van der Waals surface area contributed by atoms with Gasteiger partial charge in [-0.3, -0.25) is 0 Å². The van der Waals surface area contributed by atoms with Crippen molar-refractivity contribution in [1.82, 2.24) is 29.5 Å². The van der Waals surface area contributed by atoms with E-state index in [4.69, 9.17) is 18.0 Å². The number of nitrogens with one attached hydrogen (secondary N) is 2. The number of nitrogens with zero attached hydrogens (tertiary/aromatic N) is 6. The van der Waals surface area contributed by atoms with Crippen molar-refractivity contribution in [1.29, 1.82) is 0 Å². The van der Waals surface area contributed by atoms with E-state index in [0.29, 0.717) is 34.0 Å². The number of aliphatic hydroxyl groups is 1. The topological polar surface area (TPSA) is 134 Å². The lowest BCUT2D eigenvalue weighted by Gasteiger charge is -2.24. The Morgan fingerprint density at radius 2 is 2.30 bits per heavy atom. The SMILES string of the molecule is Nc1nc(=S)c2c([nH]1)N(C(O)Cn1cnc3cncnc31)CN2. The molecule has 1 atom stereocenters. The third kappa shape index (κ3) is 2.26. The molecule has 1 aliphatic heterocycles. The minimum Gasteiger partial charge on any atom is -0.372 e. The number of hydrogen-bond acceptors (Lipinski definition) is 9. The van der Waals surface area contributed by atoms with Gasteiger partial charge in [-0.15, -0.1) is 0 Å². The molecular formula is C12H13N9OS. The number of nitrogens with two attached hydrogens (primary N) is 1. The smallest absolute Gasteiger partial charge is 0.200 e. The van der Waals surface area contributed by atoms with Crippen LogP contribution in [0.3, 0.4) is 0 Å². The van der Waals surface area contributed by atoms with Crippen LogP contribution in [0.25, 0.3) is 11.2 Å². The number of nitrogen functional groups attached to an aromatic ring is 1. The summed E-state index contributed by atoms with van der Waals surface area (Å²) in [5.41, 5.74) is 7.70. The third-order valence-electron chi connectivity index (χ3n) is 3.63. The lowest BCUT2D eigenvalue weighted by molar-refractivity contribution is 0.152. The molecule has 4 heterocycles. The Bertz CT molecular complexity index is 936. The average molecular weight is 331 g/mol. The van der Waals surface area contributed by atoms with Crippen LogP contribution in [0.5, 0.6) is 0 Å². The Morgan fingerprint density at radius 1 is 1.43 bits per heavy atom. The first-order chi connectivity index (χ1) is 11.1. The highest BCUT2D eigenvalue weighted by Crippen LogP contribution is 2.31. The van der Waals surface area contributed by atoms with E-state index < -0.39 is 6.23 Å². The molecule has 4 rings (SSSR count). The molecule has 0 bridgehead atoms. The first kappa shape index (κ1) is 13.8. The molecule has 3 aromatic rings. The molecule has 0 spiro atoms. The Labute approximate surface area is 135 Å². The second-order valence-electron chi connectivity index (χ2n) is 5.06. The third-order valence-corrected chi connectivity index (χ3v) is 3.93. The fourth-order valence-electron chi connectivity index (χ4n) is 2.57. The van der Waals surface area contributed by atoms with Gasteiger partial charge in [-0.2, -0.15) is 0 Å². The summed E-state index contributed by atoms with van der Waals surface area (Å²) in [6.45, 7) is 0.668.